The first kappa shape index (κ1) is 14.3. The van der Waals surface area contributed by atoms with E-state index in [4.69, 9.17) is 16.3 Å². The summed E-state index contributed by atoms with van der Waals surface area (Å²) in [5.41, 5.74) is 0.249. The number of aromatic nitrogens is 1. The second-order valence-electron chi connectivity index (χ2n) is 3.92. The van der Waals surface area contributed by atoms with E-state index in [-0.39, 0.29) is 24.0 Å². The van der Waals surface area contributed by atoms with Crippen molar-refractivity contribution in [1.29, 1.82) is 0 Å². The third-order valence-corrected chi connectivity index (χ3v) is 2.66. The van der Waals surface area contributed by atoms with Gasteiger partial charge < -0.3 is 10.1 Å². The van der Waals surface area contributed by atoms with Crippen LogP contribution >= 0.6 is 11.6 Å². The summed E-state index contributed by atoms with van der Waals surface area (Å²) in [5.74, 6) is -0.102. The first-order valence-electron chi connectivity index (χ1n) is 5.93. The number of nitrogens with one attached hydrogen (secondary N) is 1. The number of halogens is 2. The lowest BCUT2D eigenvalue weighted by molar-refractivity contribution is 0.0942. The van der Waals surface area contributed by atoms with Crippen molar-refractivity contribution < 1.29 is 13.9 Å². The largest absolute Gasteiger partial charge is 0.492 e. The predicted octanol–water partition coefficient (Wildman–Crippen LogP) is 2.68. The van der Waals surface area contributed by atoms with Crippen molar-refractivity contribution in [2.24, 2.45) is 0 Å². The highest BCUT2D eigenvalue weighted by Crippen LogP contribution is 2.10. The molecule has 4 nitrogen and oxygen atoms in total. The maximum Gasteiger partial charge on any atom is 0.270 e. The Morgan fingerprint density at radius 3 is 2.75 bits per heavy atom. The van der Waals surface area contributed by atoms with Crippen molar-refractivity contribution in [3.05, 3.63) is 59.1 Å². The first-order chi connectivity index (χ1) is 9.65. The summed E-state index contributed by atoms with van der Waals surface area (Å²) in [4.78, 5) is 15.6. The van der Waals surface area contributed by atoms with E-state index in [1.165, 1.54) is 36.5 Å². The molecule has 0 spiro atoms. The van der Waals surface area contributed by atoms with Crippen LogP contribution in [0.1, 0.15) is 10.5 Å². The van der Waals surface area contributed by atoms with Gasteiger partial charge >= 0.3 is 0 Å². The fraction of sp³-hybridized carbons (Fsp3) is 0.143. The Bertz CT molecular complexity index is 590. The molecule has 1 heterocycles. The molecule has 104 valence electrons. The standard InChI is InChI=1S/C14H12ClFN2O2/c15-10-5-6-17-13(9-10)14(19)18-7-8-20-12-3-1-11(16)2-4-12/h1-6,9H,7-8H2,(H,18,19). The minimum Gasteiger partial charge on any atom is -0.492 e. The van der Waals surface area contributed by atoms with Crippen LogP contribution < -0.4 is 10.1 Å². The monoisotopic (exact) mass is 294 g/mol. The summed E-state index contributed by atoms with van der Waals surface area (Å²) in [6.07, 6.45) is 1.46. The normalized spacial score (nSPS) is 10.1. The fourth-order valence-electron chi connectivity index (χ4n) is 1.48. The Morgan fingerprint density at radius 1 is 1.30 bits per heavy atom. The van der Waals surface area contributed by atoms with Gasteiger partial charge in [0.05, 0.1) is 6.54 Å². The van der Waals surface area contributed by atoms with Crippen LogP contribution in [-0.4, -0.2) is 24.0 Å². The lowest BCUT2D eigenvalue weighted by Gasteiger charge is -2.07. The number of ether oxygens (including phenoxy) is 1. The number of rotatable bonds is 5. The van der Waals surface area contributed by atoms with Gasteiger partial charge in [0, 0.05) is 11.2 Å². The van der Waals surface area contributed by atoms with Gasteiger partial charge in [-0.2, -0.15) is 0 Å². The fourth-order valence-corrected chi connectivity index (χ4v) is 1.64. The Morgan fingerprint density at radius 2 is 2.05 bits per heavy atom. The Kier molecular flexibility index (Phi) is 4.90. The number of hydrogen-bond donors (Lipinski definition) is 1. The summed E-state index contributed by atoms with van der Waals surface area (Å²) >= 11 is 5.77. The van der Waals surface area contributed by atoms with Crippen LogP contribution in [0.25, 0.3) is 0 Å². The van der Waals surface area contributed by atoms with Crippen molar-refractivity contribution in [1.82, 2.24) is 10.3 Å². The highest BCUT2D eigenvalue weighted by atomic mass is 35.5. The minimum atomic E-state index is -0.324. The van der Waals surface area contributed by atoms with Crippen LogP contribution in [0.5, 0.6) is 5.75 Å². The Labute approximate surface area is 120 Å². The summed E-state index contributed by atoms with van der Waals surface area (Å²) < 4.78 is 18.0. The molecule has 0 aliphatic rings. The molecule has 0 fully saturated rings. The van der Waals surface area contributed by atoms with Crippen molar-refractivity contribution in [2.45, 2.75) is 0 Å². The average Bonchev–Trinajstić information content (AvgIpc) is 2.45. The van der Waals surface area contributed by atoms with Gasteiger partial charge in [0.15, 0.2) is 0 Å². The zero-order valence-corrected chi connectivity index (χ0v) is 11.2. The molecule has 2 rings (SSSR count). The SMILES string of the molecule is O=C(NCCOc1ccc(F)cc1)c1cc(Cl)ccn1. The molecule has 0 aliphatic carbocycles. The summed E-state index contributed by atoms with van der Waals surface area (Å²) in [7, 11) is 0. The van der Waals surface area contributed by atoms with E-state index in [1.807, 2.05) is 0 Å². The van der Waals surface area contributed by atoms with Crippen LogP contribution in [0.4, 0.5) is 4.39 Å². The van der Waals surface area contributed by atoms with Crippen LogP contribution in [0.3, 0.4) is 0 Å². The predicted molar refractivity (Wildman–Crippen MR) is 73.5 cm³/mol. The number of benzene rings is 1. The molecule has 1 amide bonds. The topological polar surface area (TPSA) is 51.2 Å². The van der Waals surface area contributed by atoms with E-state index in [2.05, 4.69) is 10.3 Å². The maximum atomic E-state index is 12.7. The Hall–Kier alpha value is -2.14. The number of carbonyl (C=O) groups is 1. The van der Waals surface area contributed by atoms with Crippen molar-refractivity contribution in [3.63, 3.8) is 0 Å². The molecule has 0 atom stereocenters. The molecule has 0 radical (unpaired) electrons. The highest BCUT2D eigenvalue weighted by molar-refractivity contribution is 6.30. The van der Waals surface area contributed by atoms with Crippen molar-refractivity contribution >= 4 is 17.5 Å². The Balaban J connectivity index is 1.76. The maximum absolute atomic E-state index is 12.7. The zero-order valence-electron chi connectivity index (χ0n) is 10.5. The average molecular weight is 295 g/mol. The number of carbonyl (C=O) groups excluding carboxylic acids is 1. The van der Waals surface area contributed by atoms with E-state index in [1.54, 1.807) is 6.07 Å². The van der Waals surface area contributed by atoms with Gasteiger partial charge in [-0.05, 0) is 36.4 Å². The second-order valence-corrected chi connectivity index (χ2v) is 4.35. The first-order valence-corrected chi connectivity index (χ1v) is 6.31. The molecular weight excluding hydrogens is 283 g/mol. The van der Waals surface area contributed by atoms with Gasteiger partial charge in [0.1, 0.15) is 23.9 Å². The van der Waals surface area contributed by atoms with E-state index >= 15 is 0 Å². The van der Waals surface area contributed by atoms with Crippen LogP contribution in [0.15, 0.2) is 42.6 Å². The number of nitrogens with zero attached hydrogens (tertiary/aromatic N) is 1. The van der Waals surface area contributed by atoms with Crippen LogP contribution in [0, 0.1) is 5.82 Å². The second kappa shape index (κ2) is 6.86. The van der Waals surface area contributed by atoms with Gasteiger partial charge in [-0.15, -0.1) is 0 Å². The summed E-state index contributed by atoms with van der Waals surface area (Å²) in [6, 6.07) is 8.74. The molecule has 0 saturated heterocycles. The van der Waals surface area contributed by atoms with E-state index in [0.717, 1.165) is 0 Å². The zero-order chi connectivity index (χ0) is 14.4. The van der Waals surface area contributed by atoms with Gasteiger partial charge in [-0.25, -0.2) is 4.39 Å². The smallest absolute Gasteiger partial charge is 0.270 e. The van der Waals surface area contributed by atoms with Crippen molar-refractivity contribution in [2.75, 3.05) is 13.2 Å². The molecule has 0 saturated carbocycles. The highest BCUT2D eigenvalue weighted by Gasteiger charge is 2.06. The van der Waals surface area contributed by atoms with Gasteiger partial charge in [0.2, 0.25) is 0 Å². The number of amides is 1. The molecule has 1 N–H and O–H groups in total. The molecule has 0 aliphatic heterocycles. The third-order valence-electron chi connectivity index (χ3n) is 2.42. The van der Waals surface area contributed by atoms with Gasteiger partial charge in [-0.1, -0.05) is 11.6 Å². The molecular formula is C14H12ClFN2O2. The minimum absolute atomic E-state index is 0.249. The lowest BCUT2D eigenvalue weighted by atomic mass is 10.3. The van der Waals surface area contributed by atoms with E-state index in [0.29, 0.717) is 17.3 Å². The molecule has 20 heavy (non-hydrogen) atoms. The van der Waals surface area contributed by atoms with Crippen molar-refractivity contribution in [3.8, 4) is 5.75 Å². The number of pyridine rings is 1. The molecule has 0 unspecified atom stereocenters. The molecule has 2 aromatic rings. The summed E-state index contributed by atoms with van der Waals surface area (Å²) in [6.45, 7) is 0.586. The van der Waals surface area contributed by atoms with Crippen LogP contribution in [0.2, 0.25) is 5.02 Å². The van der Waals surface area contributed by atoms with Gasteiger partial charge in [-0.3, -0.25) is 9.78 Å². The molecule has 1 aromatic carbocycles. The number of hydrogen-bond acceptors (Lipinski definition) is 3. The van der Waals surface area contributed by atoms with Crippen LogP contribution in [-0.2, 0) is 0 Å². The van der Waals surface area contributed by atoms with E-state index < -0.39 is 0 Å². The molecule has 1 aromatic heterocycles. The van der Waals surface area contributed by atoms with E-state index in [9.17, 15) is 9.18 Å². The molecule has 6 heteroatoms. The third kappa shape index (κ3) is 4.20. The quantitative estimate of drug-likeness (QED) is 0.863. The molecule has 0 bridgehead atoms. The van der Waals surface area contributed by atoms with Gasteiger partial charge in [0.25, 0.3) is 5.91 Å². The lowest BCUT2D eigenvalue weighted by Crippen LogP contribution is -2.28. The summed E-state index contributed by atoms with van der Waals surface area (Å²) in [5, 5.41) is 3.10.